The maximum absolute atomic E-state index is 14.2. The van der Waals surface area contributed by atoms with Gasteiger partial charge in [-0.1, -0.05) is 33.1 Å². The maximum atomic E-state index is 14.2. The van der Waals surface area contributed by atoms with Gasteiger partial charge in [0.05, 0.1) is 30.2 Å². The first-order valence-corrected chi connectivity index (χ1v) is 14.5. The Morgan fingerprint density at radius 1 is 0.824 bits per heavy atom. The van der Waals surface area contributed by atoms with Gasteiger partial charge >= 0.3 is 11.9 Å². The predicted molar refractivity (Wildman–Crippen MR) is 152 cm³/mol. The number of nitrogens with zero attached hydrogens (tertiary/aromatic N) is 1. The van der Waals surface area contributed by atoms with Gasteiger partial charge in [0, 0.05) is 25.6 Å². The molecule has 1 atom stereocenters. The number of carboxylic acid groups (broad SMARTS) is 1. The maximum Gasteiger partial charge on any atom is 0.352 e. The van der Waals surface area contributed by atoms with Crippen molar-refractivity contribution in [1.82, 2.24) is 4.48 Å². The van der Waals surface area contributed by atoms with Crippen molar-refractivity contribution in [3.63, 3.8) is 0 Å². The van der Waals surface area contributed by atoms with Crippen LogP contribution in [0.4, 0.5) is 5.69 Å². The van der Waals surface area contributed by atoms with Crippen LogP contribution in [-0.4, -0.2) is 37.2 Å². The molecule has 34 heavy (non-hydrogen) atoms. The van der Waals surface area contributed by atoms with Crippen LogP contribution in [0.25, 0.3) is 0 Å². The second-order valence-electron chi connectivity index (χ2n) is 8.29. The fourth-order valence-corrected chi connectivity index (χ4v) is 6.21. The van der Waals surface area contributed by atoms with Crippen molar-refractivity contribution in [3.05, 3.63) is 53.3 Å². The lowest BCUT2D eigenvalue weighted by molar-refractivity contribution is 0.0680. The molecule has 9 heteroatoms. The summed E-state index contributed by atoms with van der Waals surface area (Å²) in [7, 11) is 1.85. The molecule has 0 aliphatic carbocycles. The van der Waals surface area contributed by atoms with Crippen molar-refractivity contribution >= 4 is 81.3 Å². The average molecular weight is 728 g/mol. The molecule has 0 aromatic heterocycles. The van der Waals surface area contributed by atoms with Gasteiger partial charge < -0.3 is 9.84 Å². The Kier molecular flexibility index (Phi) is 11.7. The van der Waals surface area contributed by atoms with E-state index in [1.54, 1.807) is 0 Å². The highest BCUT2D eigenvalue weighted by Gasteiger charge is 2.41. The van der Waals surface area contributed by atoms with E-state index < -0.39 is 5.97 Å². The Hall–Kier alpha value is -0.740. The van der Waals surface area contributed by atoms with E-state index in [-0.39, 0.29) is 21.5 Å². The molecule has 0 heterocycles. The van der Waals surface area contributed by atoms with Gasteiger partial charge in [0.1, 0.15) is 17.0 Å². The van der Waals surface area contributed by atoms with Crippen LogP contribution in [-0.2, 0) is 0 Å². The molecule has 186 valence electrons. The van der Waals surface area contributed by atoms with Crippen molar-refractivity contribution in [1.29, 1.82) is 0 Å². The van der Waals surface area contributed by atoms with Crippen LogP contribution in [0.2, 0.25) is 0 Å². The molecule has 0 bridgehead atoms. The van der Waals surface area contributed by atoms with Crippen LogP contribution in [0.15, 0.2) is 42.2 Å². The van der Waals surface area contributed by atoms with Gasteiger partial charge in [-0.25, -0.2) is 14.1 Å². The molecule has 0 fully saturated rings. The molecule has 2 aromatic rings. The number of quaternary nitrogens is 1. The van der Waals surface area contributed by atoms with Crippen LogP contribution in [0.1, 0.15) is 73.1 Å². The van der Waals surface area contributed by atoms with Gasteiger partial charge in [-0.3, -0.25) is 0 Å². The van der Waals surface area contributed by atoms with E-state index in [1.807, 2.05) is 38.2 Å². The number of hydrogen-bond acceptors (Lipinski definition) is 3. The summed E-state index contributed by atoms with van der Waals surface area (Å²) in [6.07, 6.45) is 6.16. The monoisotopic (exact) mass is 724 g/mol. The number of halogens is 4. The fraction of sp³-hybridized carbons (Fsp3) is 0.440. The normalized spacial score (nSPS) is 12.9. The van der Waals surface area contributed by atoms with Crippen molar-refractivity contribution in [3.8, 4) is 5.75 Å². The summed E-state index contributed by atoms with van der Waals surface area (Å²) in [6, 6.07) is 7.53. The molecule has 1 N–H and O–H groups in total. The average Bonchev–Trinajstić information content (AvgIpc) is 2.82. The van der Waals surface area contributed by atoms with Crippen LogP contribution in [0.5, 0.6) is 5.75 Å². The highest BCUT2D eigenvalue weighted by atomic mass is 79.9. The minimum atomic E-state index is -1.18. The Morgan fingerprint density at radius 2 is 1.38 bits per heavy atom. The number of hydrogen-bond donors (Lipinski definition) is 1. The SMILES string of the molecule is CCCCCCC[N+](C)(C(=O)c1c(Br)c(Br)c(Br)c(Br)c1C(=O)O)c1ccc(OCCC)cc1. The molecule has 0 aliphatic rings. The molecule has 0 saturated heterocycles. The number of ether oxygens (including phenoxy) is 1. The standard InChI is InChI=1S/C25H29Br4NO4/c1-4-6-7-8-9-14-30(3,16-10-12-17(13-11-16)34-15-5-2)24(31)18-19(25(32)33)21(27)23(29)22(28)20(18)26/h10-13H,4-9,14-15H2,1-3H3/p+1. The summed E-state index contributed by atoms with van der Waals surface area (Å²) in [5.41, 5.74) is 0.824. The summed E-state index contributed by atoms with van der Waals surface area (Å²) in [5.74, 6) is -0.730. The van der Waals surface area contributed by atoms with E-state index in [2.05, 4.69) is 70.6 Å². The van der Waals surface area contributed by atoms with Crippen molar-refractivity contribution in [2.24, 2.45) is 0 Å². The van der Waals surface area contributed by atoms with Crippen molar-refractivity contribution in [2.75, 3.05) is 20.2 Å². The van der Waals surface area contributed by atoms with Crippen LogP contribution < -0.4 is 9.22 Å². The molecule has 2 rings (SSSR count). The Labute approximate surface area is 235 Å². The molecule has 2 aromatic carbocycles. The second kappa shape index (κ2) is 13.5. The third-order valence-electron chi connectivity index (χ3n) is 5.73. The van der Waals surface area contributed by atoms with Gasteiger partial charge in [-0.15, -0.1) is 0 Å². The van der Waals surface area contributed by atoms with Crippen LogP contribution in [0, 0.1) is 0 Å². The molecule has 0 aliphatic heterocycles. The minimum Gasteiger partial charge on any atom is -0.494 e. The number of carboxylic acids is 1. The first-order chi connectivity index (χ1) is 16.1. The molecule has 0 spiro atoms. The van der Waals surface area contributed by atoms with E-state index in [4.69, 9.17) is 4.74 Å². The molecular formula is C25H30Br4NO4+. The number of rotatable bonds is 12. The lowest BCUT2D eigenvalue weighted by Gasteiger charge is -2.32. The third kappa shape index (κ3) is 6.72. The smallest absolute Gasteiger partial charge is 0.352 e. The third-order valence-corrected chi connectivity index (χ3v) is 10.5. The Bertz CT molecular complexity index is 1030. The number of carbonyl (C=O) groups is 2. The van der Waals surface area contributed by atoms with Gasteiger partial charge in [0.25, 0.3) is 0 Å². The van der Waals surface area contributed by atoms with Crippen molar-refractivity contribution in [2.45, 2.75) is 52.4 Å². The summed E-state index contributed by atoms with van der Waals surface area (Å²) in [4.78, 5) is 26.4. The molecule has 5 nitrogen and oxygen atoms in total. The Balaban J connectivity index is 2.59. The Morgan fingerprint density at radius 3 is 1.91 bits per heavy atom. The van der Waals surface area contributed by atoms with Gasteiger partial charge in [0.15, 0.2) is 0 Å². The fourth-order valence-electron chi connectivity index (χ4n) is 3.75. The first kappa shape index (κ1) is 29.5. The van der Waals surface area contributed by atoms with Crippen LogP contribution in [0.3, 0.4) is 0 Å². The number of carbonyl (C=O) groups excluding carboxylic acids is 1. The summed E-state index contributed by atoms with van der Waals surface area (Å²) in [5, 5.41) is 10.0. The first-order valence-electron chi connectivity index (χ1n) is 11.3. The quantitative estimate of drug-likeness (QED) is 0.103. The van der Waals surface area contributed by atoms with E-state index in [0.717, 1.165) is 50.0 Å². The summed E-state index contributed by atoms with van der Waals surface area (Å²) >= 11 is 13.7. The largest absolute Gasteiger partial charge is 0.494 e. The summed E-state index contributed by atoms with van der Waals surface area (Å²) < 4.78 is 7.48. The number of benzene rings is 2. The minimum absolute atomic E-state index is 0.0560. The van der Waals surface area contributed by atoms with Crippen molar-refractivity contribution < 1.29 is 19.4 Å². The van der Waals surface area contributed by atoms with Gasteiger partial charge in [-0.05, 0) is 95.1 Å². The summed E-state index contributed by atoms with van der Waals surface area (Å²) in [6.45, 7) is 5.39. The lowest BCUT2D eigenvalue weighted by Crippen LogP contribution is -2.52. The van der Waals surface area contributed by atoms with E-state index >= 15 is 0 Å². The van der Waals surface area contributed by atoms with E-state index in [0.29, 0.717) is 31.0 Å². The zero-order chi connectivity index (χ0) is 25.5. The van der Waals surface area contributed by atoms with Gasteiger partial charge in [0.2, 0.25) is 0 Å². The molecule has 1 unspecified atom stereocenters. The predicted octanol–water partition coefficient (Wildman–Crippen LogP) is 8.97. The highest BCUT2D eigenvalue weighted by Crippen LogP contribution is 2.43. The van der Waals surface area contributed by atoms with Crippen LogP contribution >= 0.6 is 63.7 Å². The molecule has 1 amide bonds. The highest BCUT2D eigenvalue weighted by molar-refractivity contribution is 9.15. The molecular weight excluding hydrogens is 698 g/mol. The lowest BCUT2D eigenvalue weighted by atomic mass is 10.0. The topological polar surface area (TPSA) is 63.6 Å². The number of amides is 1. The molecule has 0 radical (unpaired) electrons. The second-order valence-corrected chi connectivity index (χ2v) is 11.5. The van der Waals surface area contributed by atoms with Gasteiger partial charge in [-0.2, -0.15) is 0 Å². The zero-order valence-corrected chi connectivity index (χ0v) is 25.9. The van der Waals surface area contributed by atoms with E-state index in [9.17, 15) is 14.7 Å². The molecule has 0 saturated carbocycles. The van der Waals surface area contributed by atoms with E-state index in [1.165, 1.54) is 0 Å². The number of unbranched alkanes of at least 4 members (excludes halogenated alkanes) is 4. The number of aromatic carboxylic acids is 1. The zero-order valence-electron chi connectivity index (χ0n) is 19.6.